The average molecular weight is 251 g/mol. The van der Waals surface area contributed by atoms with Crippen LogP contribution in [0.25, 0.3) is 0 Å². The van der Waals surface area contributed by atoms with Crippen LogP contribution in [-0.4, -0.2) is 30.5 Å². The van der Waals surface area contributed by atoms with E-state index in [9.17, 15) is 4.79 Å². The third kappa shape index (κ3) is 2.49. The lowest BCUT2D eigenvalue weighted by Crippen LogP contribution is -2.31. The van der Waals surface area contributed by atoms with Crippen LogP contribution < -0.4 is 16.4 Å². The van der Waals surface area contributed by atoms with E-state index in [1.54, 1.807) is 12.1 Å². The van der Waals surface area contributed by atoms with E-state index in [2.05, 4.69) is 4.90 Å². The molecule has 0 radical (unpaired) electrons. The van der Waals surface area contributed by atoms with Gasteiger partial charge in [0.15, 0.2) is 0 Å². The molecule has 0 aromatic heterocycles. The number of hydrogen-bond acceptors (Lipinski definition) is 4. The zero-order valence-electron chi connectivity index (χ0n) is 9.85. The highest BCUT2D eigenvalue weighted by atomic mass is 32.2. The van der Waals surface area contributed by atoms with E-state index in [1.807, 2.05) is 24.9 Å². The number of anilines is 2. The molecule has 0 aliphatic carbocycles. The highest BCUT2D eigenvalue weighted by molar-refractivity contribution is 7.99. The van der Waals surface area contributed by atoms with Crippen LogP contribution in [0, 0.1) is 0 Å². The Hall–Kier alpha value is -1.36. The summed E-state index contributed by atoms with van der Waals surface area (Å²) < 4.78 is 0. The van der Waals surface area contributed by atoms with Crippen LogP contribution in [0.1, 0.15) is 16.8 Å². The summed E-state index contributed by atoms with van der Waals surface area (Å²) in [5, 5.41) is 0. The lowest BCUT2D eigenvalue weighted by molar-refractivity contribution is 0.100. The number of primary amides is 1. The maximum atomic E-state index is 11.2. The summed E-state index contributed by atoms with van der Waals surface area (Å²) in [5.41, 5.74) is 12.9. The molecule has 1 amide bonds. The predicted molar refractivity (Wildman–Crippen MR) is 73.5 cm³/mol. The Morgan fingerprint density at radius 1 is 1.53 bits per heavy atom. The van der Waals surface area contributed by atoms with Crippen molar-refractivity contribution < 1.29 is 4.79 Å². The number of benzene rings is 1. The Morgan fingerprint density at radius 3 is 2.88 bits per heavy atom. The van der Waals surface area contributed by atoms with Crippen molar-refractivity contribution in [3.63, 3.8) is 0 Å². The molecular weight excluding hydrogens is 234 g/mol. The van der Waals surface area contributed by atoms with Gasteiger partial charge >= 0.3 is 0 Å². The number of nitrogens with two attached hydrogens (primary N) is 2. The van der Waals surface area contributed by atoms with Gasteiger partial charge in [-0.2, -0.15) is 11.8 Å². The van der Waals surface area contributed by atoms with Crippen molar-refractivity contribution in [2.75, 3.05) is 29.2 Å². The predicted octanol–water partition coefficient (Wildman–Crippen LogP) is 1.31. The first-order valence-corrected chi connectivity index (χ1v) is 6.75. The number of thioether (sulfide) groups is 1. The Balaban J connectivity index is 2.26. The highest BCUT2D eigenvalue weighted by Gasteiger charge is 2.21. The third-order valence-corrected chi connectivity index (χ3v) is 4.31. The van der Waals surface area contributed by atoms with E-state index < -0.39 is 5.91 Å². The molecule has 4 nitrogen and oxygen atoms in total. The normalized spacial score (nSPS) is 19.2. The number of nitrogen functional groups attached to an aromatic ring is 1. The Bertz CT molecular complexity index is 430. The van der Waals surface area contributed by atoms with Gasteiger partial charge in [0.2, 0.25) is 0 Å². The van der Waals surface area contributed by atoms with Crippen LogP contribution in [0.2, 0.25) is 0 Å². The maximum Gasteiger partial charge on any atom is 0.250 e. The van der Waals surface area contributed by atoms with E-state index in [0.717, 1.165) is 11.4 Å². The van der Waals surface area contributed by atoms with E-state index in [1.165, 1.54) is 12.2 Å². The van der Waals surface area contributed by atoms with Gasteiger partial charge in [0.25, 0.3) is 5.91 Å². The lowest BCUT2D eigenvalue weighted by Gasteiger charge is -2.26. The minimum absolute atomic E-state index is 0.403. The Kier molecular flexibility index (Phi) is 3.47. The first kappa shape index (κ1) is 12.1. The molecule has 1 heterocycles. The summed E-state index contributed by atoms with van der Waals surface area (Å²) in [7, 11) is 2.05. The molecular formula is C12H17N3OS. The second-order valence-corrected chi connectivity index (χ2v) is 5.41. The maximum absolute atomic E-state index is 11.2. The minimum atomic E-state index is -0.474. The van der Waals surface area contributed by atoms with Crippen molar-refractivity contribution in [2.45, 2.75) is 12.5 Å². The number of carbonyl (C=O) groups is 1. The fraction of sp³-hybridized carbons (Fsp3) is 0.417. The van der Waals surface area contributed by atoms with Crippen molar-refractivity contribution in [3.05, 3.63) is 23.8 Å². The largest absolute Gasteiger partial charge is 0.398 e. The highest BCUT2D eigenvalue weighted by Crippen LogP contribution is 2.27. The van der Waals surface area contributed by atoms with Crippen molar-refractivity contribution in [3.8, 4) is 0 Å². The fourth-order valence-electron chi connectivity index (χ4n) is 2.02. The molecule has 1 aliphatic rings. The van der Waals surface area contributed by atoms with Crippen molar-refractivity contribution in [1.82, 2.24) is 0 Å². The van der Waals surface area contributed by atoms with Crippen LogP contribution in [-0.2, 0) is 0 Å². The lowest BCUT2D eigenvalue weighted by atomic mass is 10.1. The number of hydrogen-bond donors (Lipinski definition) is 2. The van der Waals surface area contributed by atoms with Crippen molar-refractivity contribution in [1.29, 1.82) is 0 Å². The molecule has 17 heavy (non-hydrogen) atoms. The summed E-state index contributed by atoms with van der Waals surface area (Å²) in [4.78, 5) is 13.4. The quantitative estimate of drug-likeness (QED) is 0.794. The van der Waals surface area contributed by atoms with Gasteiger partial charge in [-0.05, 0) is 30.4 Å². The van der Waals surface area contributed by atoms with Gasteiger partial charge in [0.05, 0.1) is 5.56 Å². The molecule has 1 aliphatic heterocycles. The molecule has 0 spiro atoms. The number of rotatable bonds is 3. The molecule has 92 valence electrons. The van der Waals surface area contributed by atoms with Crippen LogP contribution in [0.4, 0.5) is 11.4 Å². The summed E-state index contributed by atoms with van der Waals surface area (Å²) >= 11 is 1.96. The molecule has 0 saturated carbocycles. The molecule has 1 aromatic carbocycles. The molecule has 1 saturated heterocycles. The van der Waals surface area contributed by atoms with E-state index in [4.69, 9.17) is 11.5 Å². The standard InChI is InChI=1S/C12H17N3OS/c1-15(9-4-5-17-7-9)8-2-3-11(13)10(6-8)12(14)16/h2-3,6,9H,4-5,7,13H2,1H3,(H2,14,16). The molecule has 1 aromatic rings. The number of amides is 1. The van der Waals surface area contributed by atoms with E-state index >= 15 is 0 Å². The van der Waals surface area contributed by atoms with Crippen molar-refractivity contribution >= 4 is 29.0 Å². The SMILES string of the molecule is CN(c1ccc(N)c(C(N)=O)c1)C1CCSC1. The van der Waals surface area contributed by atoms with Gasteiger partial charge in [-0.3, -0.25) is 4.79 Å². The Labute approximate surface area is 105 Å². The second kappa shape index (κ2) is 4.87. The molecule has 2 rings (SSSR count). The zero-order chi connectivity index (χ0) is 12.4. The van der Waals surface area contributed by atoms with Gasteiger partial charge in [0.1, 0.15) is 0 Å². The molecule has 1 fully saturated rings. The number of nitrogens with zero attached hydrogens (tertiary/aromatic N) is 1. The minimum Gasteiger partial charge on any atom is -0.398 e. The average Bonchev–Trinajstić information content (AvgIpc) is 2.81. The first-order valence-electron chi connectivity index (χ1n) is 5.59. The molecule has 1 unspecified atom stereocenters. The summed E-state index contributed by atoms with van der Waals surface area (Å²) in [6.07, 6.45) is 1.18. The first-order chi connectivity index (χ1) is 8.09. The third-order valence-electron chi connectivity index (χ3n) is 3.16. The summed E-state index contributed by atoms with van der Waals surface area (Å²) in [6.45, 7) is 0. The monoisotopic (exact) mass is 251 g/mol. The topological polar surface area (TPSA) is 72.3 Å². The van der Waals surface area contributed by atoms with Gasteiger partial charge < -0.3 is 16.4 Å². The van der Waals surface area contributed by atoms with Crippen LogP contribution in [0.15, 0.2) is 18.2 Å². The van der Waals surface area contributed by atoms with E-state index in [-0.39, 0.29) is 0 Å². The Morgan fingerprint density at radius 2 is 2.29 bits per heavy atom. The van der Waals surface area contributed by atoms with Crippen LogP contribution in [0.3, 0.4) is 0 Å². The molecule has 4 N–H and O–H groups in total. The van der Waals surface area contributed by atoms with Crippen molar-refractivity contribution in [2.24, 2.45) is 5.73 Å². The summed E-state index contributed by atoms with van der Waals surface area (Å²) in [6, 6.07) is 5.99. The van der Waals surface area contributed by atoms with E-state index in [0.29, 0.717) is 17.3 Å². The molecule has 5 heteroatoms. The molecule has 1 atom stereocenters. The smallest absolute Gasteiger partial charge is 0.250 e. The van der Waals surface area contributed by atoms with Crippen LogP contribution in [0.5, 0.6) is 0 Å². The van der Waals surface area contributed by atoms with Gasteiger partial charge in [-0.15, -0.1) is 0 Å². The fourth-order valence-corrected chi connectivity index (χ4v) is 3.28. The van der Waals surface area contributed by atoms with Gasteiger partial charge in [-0.25, -0.2) is 0 Å². The second-order valence-electron chi connectivity index (χ2n) is 4.26. The van der Waals surface area contributed by atoms with Gasteiger partial charge in [0, 0.05) is 30.2 Å². The number of carbonyl (C=O) groups excluding carboxylic acids is 1. The molecule has 0 bridgehead atoms. The zero-order valence-corrected chi connectivity index (χ0v) is 10.7. The van der Waals surface area contributed by atoms with Gasteiger partial charge in [-0.1, -0.05) is 0 Å². The summed E-state index contributed by atoms with van der Waals surface area (Å²) in [5.74, 6) is 1.86. The van der Waals surface area contributed by atoms with Crippen LogP contribution >= 0.6 is 11.8 Å².